The van der Waals surface area contributed by atoms with Crippen molar-refractivity contribution in [3.63, 3.8) is 0 Å². The summed E-state index contributed by atoms with van der Waals surface area (Å²) in [4.78, 5) is 11.9. The Hall–Kier alpha value is -0.800. The number of Topliss-reactive ketones (excluding diaryl/α,β-unsaturated/α-hetero) is 1. The van der Waals surface area contributed by atoms with Gasteiger partial charge in [0.1, 0.15) is 0 Å². The van der Waals surface area contributed by atoms with Crippen molar-refractivity contribution in [3.05, 3.63) is 22.4 Å². The SMILES string of the molecule is C[C@@H]1CC2=C(O)C(=O)CC[C@@H]2[C@H]2CC[C@]3(C)C(O)C(Cl)=CC[C@H]3[C@@H]21. The molecule has 0 aliphatic heterocycles. The maximum Gasteiger partial charge on any atom is 0.197 e. The molecule has 0 amide bonds. The predicted octanol–water partition coefficient (Wildman–Crippen LogP) is 4.35. The van der Waals surface area contributed by atoms with E-state index in [0.717, 1.165) is 37.7 Å². The first-order chi connectivity index (χ1) is 11.3. The van der Waals surface area contributed by atoms with Crippen LogP contribution in [0.4, 0.5) is 0 Å². The largest absolute Gasteiger partial charge is 0.504 e. The average Bonchev–Trinajstić information content (AvgIpc) is 2.55. The molecule has 24 heavy (non-hydrogen) atoms. The molecule has 0 saturated heterocycles. The van der Waals surface area contributed by atoms with Crippen molar-refractivity contribution in [3.8, 4) is 0 Å². The summed E-state index contributed by atoms with van der Waals surface area (Å²) in [5.41, 5.74) is 0.878. The Labute approximate surface area is 148 Å². The second-order valence-electron chi connectivity index (χ2n) is 8.74. The second kappa shape index (κ2) is 5.60. The Morgan fingerprint density at radius 3 is 2.83 bits per heavy atom. The Morgan fingerprint density at radius 1 is 1.33 bits per heavy atom. The van der Waals surface area contributed by atoms with Crippen LogP contribution in [0.25, 0.3) is 0 Å². The molecule has 2 fully saturated rings. The first-order valence-corrected chi connectivity index (χ1v) is 9.71. The van der Waals surface area contributed by atoms with Gasteiger partial charge in [0.05, 0.1) is 6.10 Å². The highest BCUT2D eigenvalue weighted by Crippen LogP contribution is 2.62. The van der Waals surface area contributed by atoms with E-state index in [-0.39, 0.29) is 17.0 Å². The summed E-state index contributed by atoms with van der Waals surface area (Å²) >= 11 is 6.27. The summed E-state index contributed by atoms with van der Waals surface area (Å²) in [6.45, 7) is 4.46. The third-order valence-electron chi connectivity index (χ3n) is 7.69. The van der Waals surface area contributed by atoms with Crippen molar-refractivity contribution in [2.24, 2.45) is 35.0 Å². The van der Waals surface area contributed by atoms with Crippen LogP contribution in [0.1, 0.15) is 52.4 Å². The van der Waals surface area contributed by atoms with Gasteiger partial charge in [0.15, 0.2) is 11.5 Å². The first kappa shape index (κ1) is 16.7. The van der Waals surface area contributed by atoms with Crippen LogP contribution in [0, 0.1) is 35.0 Å². The third-order valence-corrected chi connectivity index (χ3v) is 8.05. The monoisotopic (exact) mass is 350 g/mol. The number of aliphatic hydroxyl groups is 2. The molecule has 0 aromatic rings. The summed E-state index contributed by atoms with van der Waals surface area (Å²) in [5, 5.41) is 21.6. The van der Waals surface area contributed by atoms with Gasteiger partial charge in [-0.2, -0.15) is 0 Å². The van der Waals surface area contributed by atoms with E-state index >= 15 is 0 Å². The lowest BCUT2D eigenvalue weighted by molar-refractivity contribution is -0.122. The van der Waals surface area contributed by atoms with Crippen molar-refractivity contribution >= 4 is 17.4 Å². The number of allylic oxidation sites excluding steroid dienone is 3. The zero-order valence-electron chi connectivity index (χ0n) is 14.5. The van der Waals surface area contributed by atoms with Gasteiger partial charge in [0.2, 0.25) is 0 Å². The zero-order valence-corrected chi connectivity index (χ0v) is 15.2. The lowest BCUT2D eigenvalue weighted by Crippen LogP contribution is -2.55. The fourth-order valence-electron chi connectivity index (χ4n) is 6.45. The number of rotatable bonds is 0. The van der Waals surface area contributed by atoms with E-state index in [0.29, 0.717) is 41.0 Å². The van der Waals surface area contributed by atoms with Gasteiger partial charge < -0.3 is 10.2 Å². The second-order valence-corrected chi connectivity index (χ2v) is 9.18. The quantitative estimate of drug-likeness (QED) is 0.682. The Bertz CT molecular complexity index is 637. The van der Waals surface area contributed by atoms with Gasteiger partial charge in [0.25, 0.3) is 0 Å². The third kappa shape index (κ3) is 2.17. The molecule has 132 valence electrons. The highest BCUT2D eigenvalue weighted by Gasteiger charge is 2.57. The molecule has 0 aromatic heterocycles. The molecule has 0 radical (unpaired) electrons. The summed E-state index contributed by atoms with van der Waals surface area (Å²) < 4.78 is 0. The van der Waals surface area contributed by atoms with Crippen LogP contribution in [-0.2, 0) is 4.79 Å². The molecule has 2 saturated carbocycles. The molecule has 0 spiro atoms. The molecule has 4 aliphatic rings. The van der Waals surface area contributed by atoms with Gasteiger partial charge in [-0.1, -0.05) is 31.5 Å². The van der Waals surface area contributed by atoms with Crippen LogP contribution < -0.4 is 0 Å². The average molecular weight is 351 g/mol. The molecular formula is C20H27ClO3. The molecule has 2 N–H and O–H groups in total. The minimum Gasteiger partial charge on any atom is -0.504 e. The van der Waals surface area contributed by atoms with E-state index in [1.165, 1.54) is 0 Å². The highest BCUT2D eigenvalue weighted by molar-refractivity contribution is 6.30. The Balaban J connectivity index is 1.72. The van der Waals surface area contributed by atoms with Crippen LogP contribution in [0.15, 0.2) is 22.4 Å². The van der Waals surface area contributed by atoms with Crippen LogP contribution in [-0.4, -0.2) is 22.1 Å². The number of hydrogen-bond acceptors (Lipinski definition) is 3. The Morgan fingerprint density at radius 2 is 2.08 bits per heavy atom. The summed E-state index contributed by atoms with van der Waals surface area (Å²) in [7, 11) is 0. The van der Waals surface area contributed by atoms with Crippen molar-refractivity contribution in [1.82, 2.24) is 0 Å². The molecule has 4 rings (SSSR count). The molecular weight excluding hydrogens is 324 g/mol. The van der Waals surface area contributed by atoms with Gasteiger partial charge in [0, 0.05) is 16.9 Å². The van der Waals surface area contributed by atoms with Gasteiger partial charge >= 0.3 is 0 Å². The van der Waals surface area contributed by atoms with Crippen LogP contribution >= 0.6 is 11.6 Å². The maximum absolute atomic E-state index is 11.9. The number of fused-ring (bicyclic) bond motifs is 5. The normalized spacial score (nSPS) is 48.3. The van der Waals surface area contributed by atoms with Crippen molar-refractivity contribution in [2.45, 2.75) is 58.5 Å². The smallest absolute Gasteiger partial charge is 0.197 e. The number of carbonyl (C=O) groups is 1. The fraction of sp³-hybridized carbons (Fsp3) is 0.750. The van der Waals surface area contributed by atoms with E-state index in [4.69, 9.17) is 11.6 Å². The van der Waals surface area contributed by atoms with E-state index < -0.39 is 6.10 Å². The number of aliphatic hydroxyl groups excluding tert-OH is 2. The Kier molecular flexibility index (Phi) is 3.89. The van der Waals surface area contributed by atoms with E-state index in [1.54, 1.807) is 0 Å². The minimum absolute atomic E-state index is 0.0662. The fourth-order valence-corrected chi connectivity index (χ4v) is 6.79. The number of hydrogen-bond donors (Lipinski definition) is 2. The summed E-state index contributed by atoms with van der Waals surface area (Å²) in [6, 6.07) is 0. The van der Waals surface area contributed by atoms with Gasteiger partial charge in [-0.3, -0.25) is 4.79 Å². The lowest BCUT2D eigenvalue weighted by atomic mass is 9.46. The zero-order chi connectivity index (χ0) is 17.2. The van der Waals surface area contributed by atoms with Crippen LogP contribution in [0.2, 0.25) is 0 Å². The number of halogens is 1. The number of ketones is 1. The first-order valence-electron chi connectivity index (χ1n) is 9.33. The molecule has 4 heteroatoms. The van der Waals surface area contributed by atoms with Crippen LogP contribution in [0.3, 0.4) is 0 Å². The van der Waals surface area contributed by atoms with Crippen molar-refractivity contribution in [2.75, 3.05) is 0 Å². The molecule has 0 bridgehead atoms. The predicted molar refractivity (Wildman–Crippen MR) is 93.5 cm³/mol. The molecule has 1 unspecified atom stereocenters. The van der Waals surface area contributed by atoms with E-state index in [2.05, 4.69) is 13.8 Å². The van der Waals surface area contributed by atoms with E-state index in [9.17, 15) is 15.0 Å². The molecule has 0 heterocycles. The summed E-state index contributed by atoms with van der Waals surface area (Å²) in [6.07, 6.45) is 6.61. The maximum atomic E-state index is 11.9. The standard InChI is InChI=1S/C20H27ClO3/c1-10-9-13-11(3-6-16(22)18(13)23)12-7-8-20(2)14(17(10)12)4-5-15(21)19(20)24/h5,10-12,14,17,19,23-24H,3-4,6-9H2,1-2H3/t10-,11-,12-,14+,17-,19?,20+/m1/s1. The number of carbonyl (C=O) groups excluding carboxylic acids is 1. The van der Waals surface area contributed by atoms with Gasteiger partial charge in [-0.25, -0.2) is 0 Å². The van der Waals surface area contributed by atoms with Crippen molar-refractivity contribution in [1.29, 1.82) is 0 Å². The van der Waals surface area contributed by atoms with Crippen molar-refractivity contribution < 1.29 is 15.0 Å². The molecule has 4 aliphatic carbocycles. The molecule has 0 aromatic carbocycles. The van der Waals surface area contributed by atoms with Crippen LogP contribution in [0.5, 0.6) is 0 Å². The highest BCUT2D eigenvalue weighted by atomic mass is 35.5. The topological polar surface area (TPSA) is 57.5 Å². The summed E-state index contributed by atoms with van der Waals surface area (Å²) in [5.74, 6) is 2.27. The van der Waals surface area contributed by atoms with Gasteiger partial charge in [-0.05, 0) is 67.3 Å². The molecule has 3 nitrogen and oxygen atoms in total. The lowest BCUT2D eigenvalue weighted by Gasteiger charge is -2.59. The molecule has 7 atom stereocenters. The van der Waals surface area contributed by atoms with E-state index in [1.807, 2.05) is 6.08 Å². The minimum atomic E-state index is -0.552. The van der Waals surface area contributed by atoms with Gasteiger partial charge in [-0.15, -0.1) is 0 Å².